The van der Waals surface area contributed by atoms with Crippen LogP contribution in [0.25, 0.3) is 10.9 Å². The number of primary amides is 1. The molecule has 48 heavy (non-hydrogen) atoms. The van der Waals surface area contributed by atoms with Crippen LogP contribution in [-0.2, 0) is 17.9 Å². The molecule has 3 aromatic rings. The van der Waals surface area contributed by atoms with Gasteiger partial charge in [0.1, 0.15) is 23.5 Å². The Morgan fingerprint density at radius 1 is 1.06 bits per heavy atom. The third-order valence-electron chi connectivity index (χ3n) is 8.06. The second-order valence-electron chi connectivity index (χ2n) is 11.6. The van der Waals surface area contributed by atoms with Crippen molar-refractivity contribution in [3.8, 4) is 11.5 Å². The standard InChI is InChI=1S/C31H34F7N5O5/c1-16-9-20(48-31(36,37)38)6-5-19(16)11-40-29(46)22-14-42(15-30(33,34)35)25-21(27(22)45)10-23(32)26(28(25)47-4)41-12-17(2)43(18(3)13-41)8-7-24(39)44/h5-6,9-10,14,17-18H,7-8,11-13,15H2,1-4H3,(H2,39,44)(H,40,46)/t17-,18+. The molecule has 1 aliphatic rings. The van der Waals surface area contributed by atoms with E-state index in [0.717, 1.165) is 31.5 Å². The molecule has 2 amide bonds. The number of halogens is 7. The van der Waals surface area contributed by atoms with Gasteiger partial charge in [0, 0.05) is 50.9 Å². The summed E-state index contributed by atoms with van der Waals surface area (Å²) in [6, 6.07) is 3.67. The first-order valence-electron chi connectivity index (χ1n) is 14.7. The number of hydrogen-bond acceptors (Lipinski definition) is 7. The Morgan fingerprint density at radius 2 is 1.71 bits per heavy atom. The van der Waals surface area contributed by atoms with E-state index in [1.807, 2.05) is 18.7 Å². The van der Waals surface area contributed by atoms with Crippen molar-refractivity contribution < 1.29 is 49.8 Å². The molecule has 2 atom stereocenters. The van der Waals surface area contributed by atoms with E-state index in [-0.39, 0.29) is 55.1 Å². The number of fused-ring (bicyclic) bond motifs is 1. The quantitative estimate of drug-likeness (QED) is 0.299. The van der Waals surface area contributed by atoms with Gasteiger partial charge in [0.15, 0.2) is 11.6 Å². The molecule has 2 aromatic carbocycles. The third-order valence-corrected chi connectivity index (χ3v) is 8.06. The first kappa shape index (κ1) is 36.3. The van der Waals surface area contributed by atoms with Crippen LogP contribution in [0.15, 0.2) is 35.3 Å². The molecule has 1 saturated heterocycles. The number of benzene rings is 2. The number of hydrogen-bond donors (Lipinski definition) is 2. The fraction of sp³-hybridized carbons (Fsp3) is 0.452. The smallest absolute Gasteiger partial charge is 0.492 e. The summed E-state index contributed by atoms with van der Waals surface area (Å²) >= 11 is 0. The minimum absolute atomic E-state index is 0.102. The van der Waals surface area contributed by atoms with E-state index >= 15 is 4.39 Å². The number of rotatable bonds is 10. The summed E-state index contributed by atoms with van der Waals surface area (Å²) in [6.07, 6.45) is -8.93. The Morgan fingerprint density at radius 3 is 2.25 bits per heavy atom. The Kier molecular flexibility index (Phi) is 10.5. The van der Waals surface area contributed by atoms with Crippen molar-refractivity contribution in [3.63, 3.8) is 0 Å². The monoisotopic (exact) mass is 689 g/mol. The van der Waals surface area contributed by atoms with Gasteiger partial charge in [0.05, 0.1) is 18.0 Å². The van der Waals surface area contributed by atoms with Gasteiger partial charge in [0.25, 0.3) is 5.91 Å². The Balaban J connectivity index is 1.73. The first-order chi connectivity index (χ1) is 22.3. The molecular formula is C31H34F7N5O5. The maximum Gasteiger partial charge on any atom is 0.573 e. The number of anilines is 1. The Labute approximate surface area is 270 Å². The van der Waals surface area contributed by atoms with Gasteiger partial charge in [-0.15, -0.1) is 13.2 Å². The van der Waals surface area contributed by atoms with Gasteiger partial charge in [-0.2, -0.15) is 13.2 Å². The van der Waals surface area contributed by atoms with Crippen molar-refractivity contribution in [2.75, 3.05) is 31.6 Å². The van der Waals surface area contributed by atoms with Crippen LogP contribution < -0.4 is 30.9 Å². The highest BCUT2D eigenvalue weighted by Gasteiger charge is 2.36. The summed E-state index contributed by atoms with van der Waals surface area (Å²) in [5.41, 5.74) is 3.60. The maximum atomic E-state index is 15.9. The summed E-state index contributed by atoms with van der Waals surface area (Å²) in [5, 5.41) is 1.86. The highest BCUT2D eigenvalue weighted by Crippen LogP contribution is 2.40. The summed E-state index contributed by atoms with van der Waals surface area (Å²) < 4.78 is 105. The molecule has 0 unspecified atom stereocenters. The SMILES string of the molecule is COc1c(N2C[C@@H](C)N(CCC(N)=O)[C@@H](C)C2)c(F)cc2c(=O)c(C(=O)NCc3ccc(OC(F)(F)F)cc3C)cn(CC(F)(F)F)c12. The molecule has 17 heteroatoms. The van der Waals surface area contributed by atoms with Crippen molar-refractivity contribution in [3.05, 3.63) is 63.2 Å². The van der Waals surface area contributed by atoms with Crippen LogP contribution in [0.4, 0.5) is 36.4 Å². The van der Waals surface area contributed by atoms with Crippen LogP contribution in [0, 0.1) is 12.7 Å². The number of nitrogens with one attached hydrogen (secondary N) is 1. The van der Waals surface area contributed by atoms with Crippen LogP contribution in [-0.4, -0.2) is 72.6 Å². The van der Waals surface area contributed by atoms with E-state index in [2.05, 4.69) is 10.1 Å². The van der Waals surface area contributed by atoms with Gasteiger partial charge in [-0.05, 0) is 50.1 Å². The van der Waals surface area contributed by atoms with Crippen LogP contribution in [0.1, 0.15) is 41.8 Å². The number of alkyl halides is 6. The Bertz CT molecular complexity index is 1750. The number of pyridine rings is 1. The lowest BCUT2D eigenvalue weighted by molar-refractivity contribution is -0.274. The molecule has 0 bridgehead atoms. The number of nitrogens with zero attached hydrogens (tertiary/aromatic N) is 3. The third kappa shape index (κ3) is 8.29. The van der Waals surface area contributed by atoms with E-state index < -0.39 is 58.8 Å². The molecule has 3 N–H and O–H groups in total. The number of amides is 2. The van der Waals surface area contributed by atoms with Crippen molar-refractivity contribution in [1.29, 1.82) is 0 Å². The van der Waals surface area contributed by atoms with Crippen LogP contribution in [0.3, 0.4) is 0 Å². The fourth-order valence-corrected chi connectivity index (χ4v) is 6.01. The zero-order valence-corrected chi connectivity index (χ0v) is 26.4. The average Bonchev–Trinajstić information content (AvgIpc) is 2.95. The highest BCUT2D eigenvalue weighted by molar-refractivity contribution is 5.99. The number of aryl methyl sites for hydroxylation is 1. The molecule has 0 radical (unpaired) electrons. The second-order valence-corrected chi connectivity index (χ2v) is 11.6. The zero-order chi connectivity index (χ0) is 35.7. The molecule has 262 valence electrons. The van der Waals surface area contributed by atoms with Crippen LogP contribution >= 0.6 is 0 Å². The number of ether oxygens (including phenoxy) is 2. The van der Waals surface area contributed by atoms with E-state index in [1.54, 1.807) is 4.90 Å². The molecule has 0 saturated carbocycles. The van der Waals surface area contributed by atoms with E-state index in [1.165, 1.54) is 13.0 Å². The highest BCUT2D eigenvalue weighted by atomic mass is 19.4. The summed E-state index contributed by atoms with van der Waals surface area (Å²) in [4.78, 5) is 41.7. The van der Waals surface area contributed by atoms with Crippen molar-refractivity contribution in [2.24, 2.45) is 5.73 Å². The van der Waals surface area contributed by atoms with Crippen molar-refractivity contribution in [2.45, 2.75) is 64.9 Å². The molecule has 0 spiro atoms. The molecule has 1 aliphatic heterocycles. The van der Waals surface area contributed by atoms with Gasteiger partial charge in [0.2, 0.25) is 11.3 Å². The average molecular weight is 690 g/mol. The molecule has 0 aliphatic carbocycles. The molecule has 10 nitrogen and oxygen atoms in total. The van der Waals surface area contributed by atoms with E-state index in [0.29, 0.717) is 22.2 Å². The summed E-state index contributed by atoms with van der Waals surface area (Å²) in [7, 11) is 1.13. The number of methoxy groups -OCH3 is 1. The minimum Gasteiger partial charge on any atom is -0.492 e. The molecular weight excluding hydrogens is 655 g/mol. The molecule has 2 heterocycles. The Hall–Kier alpha value is -4.54. The lowest BCUT2D eigenvalue weighted by Gasteiger charge is -2.45. The maximum absolute atomic E-state index is 15.9. The molecule has 1 aromatic heterocycles. The summed E-state index contributed by atoms with van der Waals surface area (Å²) in [5.74, 6) is -3.37. The van der Waals surface area contributed by atoms with E-state index in [4.69, 9.17) is 10.5 Å². The number of nitrogens with two attached hydrogens (primary N) is 1. The van der Waals surface area contributed by atoms with Gasteiger partial charge in [-0.1, -0.05) is 6.07 Å². The minimum atomic E-state index is -4.92. The largest absolute Gasteiger partial charge is 0.573 e. The molecule has 1 fully saturated rings. The first-order valence-corrected chi connectivity index (χ1v) is 14.7. The second kappa shape index (κ2) is 13.9. The number of aromatic nitrogens is 1. The normalized spacial score (nSPS) is 17.4. The topological polar surface area (TPSA) is 119 Å². The predicted octanol–water partition coefficient (Wildman–Crippen LogP) is 4.62. The number of carbonyl (C=O) groups is 2. The van der Waals surface area contributed by atoms with Gasteiger partial charge >= 0.3 is 12.5 Å². The van der Waals surface area contributed by atoms with Crippen molar-refractivity contribution >= 4 is 28.4 Å². The van der Waals surface area contributed by atoms with Crippen molar-refractivity contribution in [1.82, 2.24) is 14.8 Å². The zero-order valence-electron chi connectivity index (χ0n) is 26.4. The lowest BCUT2D eigenvalue weighted by Crippen LogP contribution is -2.57. The fourth-order valence-electron chi connectivity index (χ4n) is 6.01. The van der Waals surface area contributed by atoms with Gasteiger partial charge in [-0.3, -0.25) is 19.3 Å². The number of piperazine rings is 1. The van der Waals surface area contributed by atoms with Crippen LogP contribution in [0.5, 0.6) is 11.5 Å². The number of carbonyl (C=O) groups excluding carboxylic acids is 2. The van der Waals surface area contributed by atoms with Crippen LogP contribution in [0.2, 0.25) is 0 Å². The van der Waals surface area contributed by atoms with E-state index in [9.17, 15) is 40.7 Å². The lowest BCUT2D eigenvalue weighted by atomic mass is 10.0. The predicted molar refractivity (Wildman–Crippen MR) is 161 cm³/mol. The van der Waals surface area contributed by atoms with Gasteiger partial charge in [-0.25, -0.2) is 4.39 Å². The molecule has 4 rings (SSSR count). The summed E-state index contributed by atoms with van der Waals surface area (Å²) in [6.45, 7) is 3.94. The van der Waals surface area contributed by atoms with Gasteiger partial charge < -0.3 is 30.0 Å².